The minimum absolute atomic E-state index is 0.176. The molecule has 0 radical (unpaired) electrons. The molecule has 0 heterocycles. The predicted octanol–water partition coefficient (Wildman–Crippen LogP) is 2.65. The number of nitrogens with two attached hydrogens (primary N) is 1. The summed E-state index contributed by atoms with van der Waals surface area (Å²) < 4.78 is 13.0. The number of nitrogens with zero attached hydrogens (tertiary/aromatic N) is 1. The highest BCUT2D eigenvalue weighted by molar-refractivity contribution is 6.31. The summed E-state index contributed by atoms with van der Waals surface area (Å²) in [6, 6.07) is 5.19. The van der Waals surface area contributed by atoms with Crippen molar-refractivity contribution in [1.82, 2.24) is 0 Å². The molecule has 1 aliphatic carbocycles. The van der Waals surface area contributed by atoms with Gasteiger partial charge in [0, 0.05) is 25.3 Å². The van der Waals surface area contributed by atoms with E-state index in [0.717, 1.165) is 25.1 Å². The molecule has 0 aliphatic heterocycles. The summed E-state index contributed by atoms with van der Waals surface area (Å²) in [6.45, 7) is 0.954. The van der Waals surface area contributed by atoms with Gasteiger partial charge in [0.1, 0.15) is 5.82 Å². The number of anilines is 1. The van der Waals surface area contributed by atoms with Gasteiger partial charge < -0.3 is 10.6 Å². The Balaban J connectivity index is 1.97. The second-order valence-electron chi connectivity index (χ2n) is 4.58. The van der Waals surface area contributed by atoms with Crippen molar-refractivity contribution >= 4 is 17.3 Å². The molecule has 0 unspecified atom stereocenters. The van der Waals surface area contributed by atoms with Gasteiger partial charge in [0.2, 0.25) is 0 Å². The summed E-state index contributed by atoms with van der Waals surface area (Å²) in [5, 5.41) is 0.176. The minimum Gasteiger partial charge on any atom is -0.374 e. The van der Waals surface area contributed by atoms with Crippen molar-refractivity contribution in [2.45, 2.75) is 18.9 Å². The Morgan fingerprint density at radius 2 is 2.19 bits per heavy atom. The monoisotopic (exact) mass is 242 g/mol. The maximum Gasteiger partial charge on any atom is 0.141 e. The van der Waals surface area contributed by atoms with Crippen molar-refractivity contribution in [2.75, 3.05) is 18.5 Å². The molecule has 4 heteroatoms. The van der Waals surface area contributed by atoms with Gasteiger partial charge in [-0.15, -0.1) is 0 Å². The van der Waals surface area contributed by atoms with Crippen LogP contribution < -0.4 is 10.6 Å². The summed E-state index contributed by atoms with van der Waals surface area (Å²) in [4.78, 5) is 2.10. The summed E-state index contributed by atoms with van der Waals surface area (Å²) >= 11 is 5.74. The van der Waals surface area contributed by atoms with Gasteiger partial charge in [-0.25, -0.2) is 4.39 Å². The lowest BCUT2D eigenvalue weighted by Gasteiger charge is -2.36. The van der Waals surface area contributed by atoms with E-state index < -0.39 is 0 Å². The molecule has 2 N–H and O–H groups in total. The third-order valence-electron chi connectivity index (χ3n) is 3.15. The molecule has 0 aromatic heterocycles. The van der Waals surface area contributed by atoms with Gasteiger partial charge in [0.15, 0.2) is 0 Å². The molecule has 0 atom stereocenters. The first-order valence-corrected chi connectivity index (χ1v) is 5.86. The zero-order chi connectivity index (χ0) is 11.7. The Morgan fingerprint density at radius 1 is 1.50 bits per heavy atom. The van der Waals surface area contributed by atoms with Crippen LogP contribution in [0.15, 0.2) is 18.2 Å². The van der Waals surface area contributed by atoms with Crippen LogP contribution in [0.2, 0.25) is 5.02 Å². The molecule has 88 valence electrons. The quantitative estimate of drug-likeness (QED) is 0.883. The summed E-state index contributed by atoms with van der Waals surface area (Å²) in [5.41, 5.74) is 6.69. The highest BCUT2D eigenvalue weighted by Gasteiger charge is 2.26. The number of halogens is 2. The smallest absolute Gasteiger partial charge is 0.141 e. The van der Waals surface area contributed by atoms with Gasteiger partial charge in [-0.1, -0.05) is 11.6 Å². The third-order valence-corrected chi connectivity index (χ3v) is 3.44. The van der Waals surface area contributed by atoms with Crippen LogP contribution >= 0.6 is 11.6 Å². The molecule has 0 amide bonds. The lowest BCUT2D eigenvalue weighted by Crippen LogP contribution is -2.41. The van der Waals surface area contributed by atoms with Crippen molar-refractivity contribution in [3.8, 4) is 0 Å². The van der Waals surface area contributed by atoms with E-state index in [-0.39, 0.29) is 10.8 Å². The van der Waals surface area contributed by atoms with Crippen molar-refractivity contribution in [1.29, 1.82) is 0 Å². The molecule has 0 spiro atoms. The number of hydrogen-bond acceptors (Lipinski definition) is 2. The minimum atomic E-state index is -0.371. The van der Waals surface area contributed by atoms with Crippen LogP contribution in [0.5, 0.6) is 0 Å². The van der Waals surface area contributed by atoms with Crippen LogP contribution in [0, 0.1) is 11.7 Å². The van der Waals surface area contributed by atoms with Crippen LogP contribution in [0.25, 0.3) is 0 Å². The molecule has 1 aliphatic rings. The Hall–Kier alpha value is -0.800. The second kappa shape index (κ2) is 4.60. The summed E-state index contributed by atoms with van der Waals surface area (Å²) in [7, 11) is 1.99. The van der Waals surface area contributed by atoms with Crippen LogP contribution in [0.1, 0.15) is 12.8 Å². The van der Waals surface area contributed by atoms with E-state index in [4.69, 9.17) is 17.3 Å². The van der Waals surface area contributed by atoms with E-state index in [9.17, 15) is 4.39 Å². The molecular weight excluding hydrogens is 227 g/mol. The van der Waals surface area contributed by atoms with E-state index >= 15 is 0 Å². The Bertz CT molecular complexity index is 377. The first kappa shape index (κ1) is 11.7. The molecule has 0 bridgehead atoms. The molecule has 1 saturated carbocycles. The molecule has 2 rings (SSSR count). The van der Waals surface area contributed by atoms with E-state index in [1.807, 2.05) is 7.05 Å². The molecule has 2 nitrogen and oxygen atoms in total. The van der Waals surface area contributed by atoms with E-state index in [1.54, 1.807) is 12.1 Å². The van der Waals surface area contributed by atoms with Gasteiger partial charge in [0.05, 0.1) is 5.02 Å². The summed E-state index contributed by atoms with van der Waals surface area (Å²) in [6.07, 6.45) is 2.17. The molecule has 0 saturated heterocycles. The topological polar surface area (TPSA) is 29.3 Å². The van der Waals surface area contributed by atoms with E-state index in [1.165, 1.54) is 6.07 Å². The Kier molecular flexibility index (Phi) is 3.36. The van der Waals surface area contributed by atoms with Crippen molar-refractivity contribution in [3.63, 3.8) is 0 Å². The van der Waals surface area contributed by atoms with Gasteiger partial charge in [0.25, 0.3) is 0 Å². The zero-order valence-electron chi connectivity index (χ0n) is 9.29. The third kappa shape index (κ3) is 2.47. The molecule has 1 aromatic carbocycles. The average molecular weight is 243 g/mol. The van der Waals surface area contributed by atoms with Crippen molar-refractivity contribution < 1.29 is 4.39 Å². The number of hydrogen-bond donors (Lipinski definition) is 1. The van der Waals surface area contributed by atoms with Gasteiger partial charge in [-0.05, 0) is 37.0 Å². The largest absolute Gasteiger partial charge is 0.374 e. The number of rotatable bonds is 3. The molecular formula is C12H16ClFN2. The lowest BCUT2D eigenvalue weighted by atomic mass is 9.80. The normalized spacial score (nSPS) is 24.0. The van der Waals surface area contributed by atoms with Gasteiger partial charge >= 0.3 is 0 Å². The van der Waals surface area contributed by atoms with Gasteiger partial charge in [-0.3, -0.25) is 0 Å². The fourth-order valence-electron chi connectivity index (χ4n) is 2.15. The Labute approximate surface area is 100 Å². The fourth-order valence-corrected chi connectivity index (χ4v) is 2.33. The highest BCUT2D eigenvalue weighted by atomic mass is 35.5. The first-order valence-electron chi connectivity index (χ1n) is 5.48. The maximum atomic E-state index is 13.0. The Morgan fingerprint density at radius 3 is 2.75 bits per heavy atom. The predicted molar refractivity (Wildman–Crippen MR) is 65.4 cm³/mol. The first-order chi connectivity index (χ1) is 7.56. The van der Waals surface area contributed by atoms with Crippen LogP contribution in [-0.4, -0.2) is 19.6 Å². The van der Waals surface area contributed by atoms with Crippen molar-refractivity contribution in [2.24, 2.45) is 11.7 Å². The summed E-state index contributed by atoms with van der Waals surface area (Å²) in [5.74, 6) is 0.285. The lowest BCUT2D eigenvalue weighted by molar-refractivity contribution is 0.271. The second-order valence-corrected chi connectivity index (χ2v) is 4.98. The standard InChI is InChI=1S/C12H16ClFN2/c1-16(7-8-4-9(15)5-8)10-2-3-12(14)11(13)6-10/h2-3,6,8-9H,4-5,7,15H2,1H3. The van der Waals surface area contributed by atoms with Crippen LogP contribution in [0.4, 0.5) is 10.1 Å². The zero-order valence-corrected chi connectivity index (χ0v) is 10.0. The fraction of sp³-hybridized carbons (Fsp3) is 0.500. The van der Waals surface area contributed by atoms with Crippen LogP contribution in [0.3, 0.4) is 0 Å². The average Bonchev–Trinajstić information content (AvgIpc) is 2.19. The van der Waals surface area contributed by atoms with Crippen LogP contribution in [-0.2, 0) is 0 Å². The maximum absolute atomic E-state index is 13.0. The van der Waals surface area contributed by atoms with E-state index in [2.05, 4.69) is 4.90 Å². The molecule has 1 aromatic rings. The SMILES string of the molecule is CN(CC1CC(N)C1)c1ccc(F)c(Cl)c1. The number of benzene rings is 1. The molecule has 16 heavy (non-hydrogen) atoms. The highest BCUT2D eigenvalue weighted by Crippen LogP contribution is 2.28. The van der Waals surface area contributed by atoms with Gasteiger partial charge in [-0.2, -0.15) is 0 Å². The van der Waals surface area contributed by atoms with E-state index in [0.29, 0.717) is 12.0 Å². The van der Waals surface area contributed by atoms with Crippen molar-refractivity contribution in [3.05, 3.63) is 29.0 Å². The molecule has 1 fully saturated rings.